The third kappa shape index (κ3) is 7.38. The van der Waals surface area contributed by atoms with Crippen molar-refractivity contribution in [2.75, 3.05) is 21.3 Å². The number of esters is 1. The summed E-state index contributed by atoms with van der Waals surface area (Å²) >= 11 is 0. The molecule has 0 heterocycles. The van der Waals surface area contributed by atoms with Gasteiger partial charge in [-0.05, 0) is 70.8 Å². The molecule has 0 saturated carbocycles. The molecule has 4 aromatic rings. The molecule has 0 radical (unpaired) electrons. The number of hydrogen-bond acceptors (Lipinski definition) is 6. The maximum Gasteiger partial charge on any atom is 0.339 e. The highest BCUT2D eigenvalue weighted by Gasteiger charge is 2.14. The molecule has 4 rings (SSSR count). The number of rotatable bonds is 11. The number of hydrogen-bond donors (Lipinski definition) is 0. The van der Waals surface area contributed by atoms with Gasteiger partial charge in [-0.25, -0.2) is 9.18 Å². The van der Waals surface area contributed by atoms with Gasteiger partial charge in [-0.1, -0.05) is 48.6 Å². The van der Waals surface area contributed by atoms with Crippen LogP contribution in [-0.4, -0.2) is 27.3 Å². The Morgan fingerprint density at radius 3 is 1.92 bits per heavy atom. The average molecular weight is 529 g/mol. The van der Waals surface area contributed by atoms with Gasteiger partial charge in [0.05, 0.1) is 26.9 Å². The normalized spacial score (nSPS) is 10.8. The molecule has 0 bridgehead atoms. The third-order valence-corrected chi connectivity index (χ3v) is 5.97. The van der Waals surface area contributed by atoms with Crippen LogP contribution in [-0.2, 0) is 18.0 Å². The Bertz CT molecular complexity index is 1430. The van der Waals surface area contributed by atoms with E-state index in [2.05, 4.69) is 0 Å². The minimum atomic E-state index is -0.503. The van der Waals surface area contributed by atoms with Crippen LogP contribution in [0, 0.1) is 5.82 Å². The molecular weight excluding hydrogens is 499 g/mol. The Balaban J connectivity index is 1.55. The Hall–Kier alpha value is -4.78. The third-order valence-electron chi connectivity index (χ3n) is 5.97. The number of halogens is 1. The van der Waals surface area contributed by atoms with Crippen LogP contribution in [0.3, 0.4) is 0 Å². The summed E-state index contributed by atoms with van der Waals surface area (Å²) < 4.78 is 40.8. The highest BCUT2D eigenvalue weighted by atomic mass is 19.1. The molecular formula is C32H29FO6. The topological polar surface area (TPSA) is 63.2 Å². The lowest BCUT2D eigenvalue weighted by Crippen LogP contribution is -2.08. The summed E-state index contributed by atoms with van der Waals surface area (Å²) in [6.07, 6.45) is 3.54. The van der Waals surface area contributed by atoms with Crippen LogP contribution in [0.2, 0.25) is 0 Å². The van der Waals surface area contributed by atoms with Gasteiger partial charge in [0.15, 0.2) is 11.6 Å². The van der Waals surface area contributed by atoms with E-state index in [0.29, 0.717) is 29.0 Å². The molecule has 0 amide bonds. The van der Waals surface area contributed by atoms with E-state index >= 15 is 0 Å². The summed E-state index contributed by atoms with van der Waals surface area (Å²) in [5.41, 5.74) is 3.45. The van der Waals surface area contributed by atoms with Crippen LogP contribution >= 0.6 is 0 Å². The molecule has 0 aromatic heterocycles. The monoisotopic (exact) mass is 528 g/mol. The SMILES string of the molecule is COc1ccc(COC(=O)c2cc(OCc3ccc(OC)cc3)ccc2/C=C/c2ccc(F)c(OC)c2)cc1. The zero-order valence-electron chi connectivity index (χ0n) is 22.0. The van der Waals surface area contributed by atoms with E-state index in [1.807, 2.05) is 48.5 Å². The van der Waals surface area contributed by atoms with Crippen molar-refractivity contribution >= 4 is 18.1 Å². The molecule has 0 aliphatic heterocycles. The number of ether oxygens (including phenoxy) is 5. The van der Waals surface area contributed by atoms with Crippen molar-refractivity contribution in [2.24, 2.45) is 0 Å². The Kier molecular flexibility index (Phi) is 9.19. The number of carbonyl (C=O) groups is 1. The van der Waals surface area contributed by atoms with Crippen molar-refractivity contribution in [1.82, 2.24) is 0 Å². The highest BCUT2D eigenvalue weighted by molar-refractivity contribution is 5.95. The summed E-state index contributed by atoms with van der Waals surface area (Å²) in [6, 6.07) is 24.6. The standard InChI is InChI=1S/C32H29FO6/c1-35-26-12-5-23(6-13-26)20-38-28-16-11-25(10-4-22-9-17-30(33)31(18-22)37-3)29(19-28)32(34)39-21-24-7-14-27(36-2)15-8-24/h4-19H,20-21H2,1-3H3/b10-4+. The van der Waals surface area contributed by atoms with Gasteiger partial charge >= 0.3 is 5.97 Å². The van der Waals surface area contributed by atoms with Crippen LogP contribution in [0.4, 0.5) is 4.39 Å². The molecule has 4 aromatic carbocycles. The lowest BCUT2D eigenvalue weighted by atomic mass is 10.0. The van der Waals surface area contributed by atoms with Crippen molar-refractivity contribution < 1.29 is 32.9 Å². The van der Waals surface area contributed by atoms with E-state index in [9.17, 15) is 9.18 Å². The first-order chi connectivity index (χ1) is 19.0. The van der Waals surface area contributed by atoms with E-state index in [1.54, 1.807) is 56.7 Å². The molecule has 6 nitrogen and oxygen atoms in total. The maximum absolute atomic E-state index is 13.8. The summed E-state index contributed by atoms with van der Waals surface area (Å²) in [5.74, 6) is 1.18. The summed E-state index contributed by atoms with van der Waals surface area (Å²) in [6.45, 7) is 0.410. The molecule has 0 saturated heterocycles. The average Bonchev–Trinajstić information content (AvgIpc) is 2.99. The molecule has 0 spiro atoms. The number of methoxy groups -OCH3 is 3. The second-order valence-corrected chi connectivity index (χ2v) is 8.54. The molecule has 200 valence electrons. The molecule has 0 N–H and O–H groups in total. The van der Waals surface area contributed by atoms with Gasteiger partial charge in [-0.3, -0.25) is 0 Å². The van der Waals surface area contributed by atoms with Crippen LogP contribution < -0.4 is 18.9 Å². The zero-order chi connectivity index (χ0) is 27.6. The molecule has 0 aliphatic rings. The molecule has 0 aliphatic carbocycles. The summed E-state index contributed by atoms with van der Waals surface area (Å²) in [7, 11) is 4.62. The fourth-order valence-electron chi connectivity index (χ4n) is 3.75. The van der Waals surface area contributed by atoms with Crippen LogP contribution in [0.5, 0.6) is 23.0 Å². The van der Waals surface area contributed by atoms with Gasteiger partial charge in [-0.15, -0.1) is 0 Å². The second kappa shape index (κ2) is 13.1. The van der Waals surface area contributed by atoms with Gasteiger partial charge in [0.1, 0.15) is 30.5 Å². The quantitative estimate of drug-likeness (QED) is 0.155. The largest absolute Gasteiger partial charge is 0.497 e. The first kappa shape index (κ1) is 27.3. The van der Waals surface area contributed by atoms with Crippen molar-refractivity contribution in [2.45, 2.75) is 13.2 Å². The fraction of sp³-hybridized carbons (Fsp3) is 0.156. The lowest BCUT2D eigenvalue weighted by molar-refractivity contribution is 0.0472. The van der Waals surface area contributed by atoms with Crippen molar-refractivity contribution in [1.29, 1.82) is 0 Å². The zero-order valence-corrected chi connectivity index (χ0v) is 22.0. The smallest absolute Gasteiger partial charge is 0.339 e. The van der Waals surface area contributed by atoms with Crippen LogP contribution in [0.1, 0.15) is 32.6 Å². The van der Waals surface area contributed by atoms with E-state index in [1.165, 1.54) is 13.2 Å². The van der Waals surface area contributed by atoms with Crippen molar-refractivity contribution in [3.8, 4) is 23.0 Å². The molecule has 7 heteroatoms. The Labute approximate surface area is 227 Å². The van der Waals surface area contributed by atoms with E-state index in [0.717, 1.165) is 22.6 Å². The second-order valence-electron chi connectivity index (χ2n) is 8.54. The predicted molar refractivity (Wildman–Crippen MR) is 148 cm³/mol. The summed E-state index contributed by atoms with van der Waals surface area (Å²) in [4.78, 5) is 13.2. The van der Waals surface area contributed by atoms with Gasteiger partial charge in [0.2, 0.25) is 0 Å². The molecule has 39 heavy (non-hydrogen) atoms. The number of carbonyl (C=O) groups excluding carboxylic acids is 1. The maximum atomic E-state index is 13.8. The Morgan fingerprint density at radius 2 is 1.31 bits per heavy atom. The molecule has 0 atom stereocenters. The predicted octanol–water partition coefficient (Wildman–Crippen LogP) is 6.96. The van der Waals surface area contributed by atoms with E-state index in [-0.39, 0.29) is 12.4 Å². The van der Waals surface area contributed by atoms with E-state index in [4.69, 9.17) is 23.7 Å². The molecule has 0 unspecified atom stereocenters. The Morgan fingerprint density at radius 1 is 0.692 bits per heavy atom. The number of benzene rings is 4. The highest BCUT2D eigenvalue weighted by Crippen LogP contribution is 2.25. The van der Waals surface area contributed by atoms with Crippen LogP contribution in [0.15, 0.2) is 84.9 Å². The van der Waals surface area contributed by atoms with Crippen molar-refractivity contribution in [3.63, 3.8) is 0 Å². The van der Waals surface area contributed by atoms with E-state index < -0.39 is 11.8 Å². The van der Waals surface area contributed by atoms with Crippen LogP contribution in [0.25, 0.3) is 12.2 Å². The fourth-order valence-corrected chi connectivity index (χ4v) is 3.75. The first-order valence-electron chi connectivity index (χ1n) is 12.2. The lowest BCUT2D eigenvalue weighted by Gasteiger charge is -2.12. The van der Waals surface area contributed by atoms with Gasteiger partial charge in [0, 0.05) is 0 Å². The van der Waals surface area contributed by atoms with Crippen molar-refractivity contribution in [3.05, 3.63) is 119 Å². The van der Waals surface area contributed by atoms with Gasteiger partial charge in [-0.2, -0.15) is 0 Å². The van der Waals surface area contributed by atoms with Gasteiger partial charge < -0.3 is 23.7 Å². The molecule has 0 fully saturated rings. The first-order valence-corrected chi connectivity index (χ1v) is 12.2. The minimum Gasteiger partial charge on any atom is -0.497 e. The van der Waals surface area contributed by atoms with Gasteiger partial charge in [0.25, 0.3) is 0 Å². The summed E-state index contributed by atoms with van der Waals surface area (Å²) in [5, 5.41) is 0. The minimum absolute atomic E-state index is 0.0953.